The number of carbonyl (C=O) groups is 1. The first-order valence-corrected chi connectivity index (χ1v) is 4.17. The lowest BCUT2D eigenvalue weighted by Gasteiger charge is -2.01. The molecule has 0 saturated heterocycles. The summed E-state index contributed by atoms with van der Waals surface area (Å²) in [6.45, 7) is 2.07. The molecular weight excluding hydrogens is 162 g/mol. The number of hydrogen-bond acceptors (Lipinski definition) is 1. The van der Waals surface area contributed by atoms with Gasteiger partial charge in [-0.1, -0.05) is 25.0 Å². The van der Waals surface area contributed by atoms with Gasteiger partial charge in [-0.05, 0) is 24.0 Å². The van der Waals surface area contributed by atoms with Crippen LogP contribution in [0.1, 0.15) is 13.3 Å². The molecule has 1 aliphatic rings. The second-order valence-electron chi connectivity index (χ2n) is 2.71. The Morgan fingerprint density at radius 3 is 3.00 bits per heavy atom. The van der Waals surface area contributed by atoms with Crippen LogP contribution in [-0.2, 0) is 4.79 Å². The highest BCUT2D eigenvalue weighted by Gasteiger charge is 1.99. The van der Waals surface area contributed by atoms with E-state index >= 15 is 0 Å². The molecule has 0 spiro atoms. The van der Waals surface area contributed by atoms with Crippen molar-refractivity contribution in [2.45, 2.75) is 13.3 Å². The maximum absolute atomic E-state index is 10.3. The van der Waals surface area contributed by atoms with Crippen LogP contribution in [0.2, 0.25) is 0 Å². The van der Waals surface area contributed by atoms with Gasteiger partial charge in [-0.3, -0.25) is 4.79 Å². The Kier molecular flexibility index (Phi) is 3.14. The molecule has 0 fully saturated rings. The lowest BCUT2D eigenvalue weighted by molar-refractivity contribution is -0.112. The molecule has 1 rings (SSSR count). The fourth-order valence-electron chi connectivity index (χ4n) is 0.984. The van der Waals surface area contributed by atoms with Crippen LogP contribution in [0.5, 0.6) is 0 Å². The van der Waals surface area contributed by atoms with Crippen LogP contribution in [0, 0.1) is 17.8 Å². The third-order valence-corrected chi connectivity index (χ3v) is 1.70. The van der Waals surface area contributed by atoms with E-state index in [-0.39, 0.29) is 5.92 Å². The predicted molar refractivity (Wildman–Crippen MR) is 51.5 cm³/mol. The van der Waals surface area contributed by atoms with Crippen molar-refractivity contribution in [3.05, 3.63) is 29.5 Å². The van der Waals surface area contributed by atoms with E-state index in [1.807, 2.05) is 18.2 Å². The van der Waals surface area contributed by atoms with Crippen molar-refractivity contribution in [1.82, 2.24) is 0 Å². The first-order chi connectivity index (χ1) is 6.22. The van der Waals surface area contributed by atoms with E-state index in [0.717, 1.165) is 12.0 Å². The Labute approximate surface area is 77.8 Å². The van der Waals surface area contributed by atoms with E-state index in [2.05, 4.69) is 24.5 Å². The maximum atomic E-state index is 10.3. The summed E-state index contributed by atoms with van der Waals surface area (Å²) in [5, 5.41) is 0. The highest BCUT2D eigenvalue weighted by Crippen LogP contribution is 2.10. The largest absolute Gasteiger partial charge is 0.359 e. The first kappa shape index (κ1) is 9.38. The average Bonchev–Trinajstić information content (AvgIpc) is 2.15. The zero-order valence-electron chi connectivity index (χ0n) is 7.50. The van der Waals surface area contributed by atoms with Gasteiger partial charge in [-0.25, -0.2) is 0 Å². The van der Waals surface area contributed by atoms with Crippen LogP contribution < -0.4 is 5.73 Å². The summed E-state index contributed by atoms with van der Waals surface area (Å²) in [4.78, 5) is 10.3. The minimum Gasteiger partial charge on any atom is -0.359 e. The number of carbonyl (C=O) groups excluding carboxylic acids is 1. The fraction of sp³-hybridized carbons (Fsp3) is 0.273. The molecule has 0 radical (unpaired) electrons. The van der Waals surface area contributed by atoms with Crippen molar-refractivity contribution in [2.24, 2.45) is 11.7 Å². The molecule has 1 unspecified atom stereocenters. The minimum atomic E-state index is -0.591. The van der Waals surface area contributed by atoms with Gasteiger partial charge >= 0.3 is 0 Å². The van der Waals surface area contributed by atoms with Crippen molar-refractivity contribution in [1.29, 1.82) is 0 Å². The van der Waals surface area contributed by atoms with Crippen molar-refractivity contribution >= 4 is 5.91 Å². The van der Waals surface area contributed by atoms with E-state index in [1.54, 1.807) is 0 Å². The maximum Gasteiger partial charge on any atom is 0.293 e. The topological polar surface area (TPSA) is 43.1 Å². The van der Waals surface area contributed by atoms with Gasteiger partial charge in [0.1, 0.15) is 0 Å². The van der Waals surface area contributed by atoms with Crippen LogP contribution in [-0.4, -0.2) is 5.91 Å². The quantitative estimate of drug-likeness (QED) is 0.469. The summed E-state index contributed by atoms with van der Waals surface area (Å²) < 4.78 is 0. The van der Waals surface area contributed by atoms with E-state index in [1.165, 1.54) is 0 Å². The van der Waals surface area contributed by atoms with Gasteiger partial charge < -0.3 is 5.73 Å². The Morgan fingerprint density at radius 2 is 2.54 bits per heavy atom. The highest BCUT2D eigenvalue weighted by atomic mass is 16.1. The molecule has 13 heavy (non-hydrogen) atoms. The molecule has 2 heteroatoms. The number of primary amides is 1. The molecular formula is C11H11NO. The van der Waals surface area contributed by atoms with Gasteiger partial charge in [0.25, 0.3) is 5.91 Å². The van der Waals surface area contributed by atoms with Gasteiger partial charge in [0.05, 0.1) is 5.92 Å². The molecule has 0 heterocycles. The fourth-order valence-corrected chi connectivity index (χ4v) is 0.984. The van der Waals surface area contributed by atoms with Gasteiger partial charge in [0, 0.05) is 0 Å². The van der Waals surface area contributed by atoms with E-state index < -0.39 is 5.91 Å². The molecule has 0 aliphatic heterocycles. The Hall–Kier alpha value is -1.71. The Bertz CT molecular complexity index is 359. The number of nitrogens with two attached hydrogens (primary N) is 1. The van der Waals surface area contributed by atoms with E-state index in [4.69, 9.17) is 5.73 Å². The number of hydrogen-bond donors (Lipinski definition) is 1. The van der Waals surface area contributed by atoms with Gasteiger partial charge in [0.2, 0.25) is 0 Å². The van der Waals surface area contributed by atoms with Crippen LogP contribution in [0.4, 0.5) is 0 Å². The number of allylic oxidation sites excluding steroid dienone is 3. The zero-order chi connectivity index (χ0) is 9.68. The van der Waals surface area contributed by atoms with Crippen molar-refractivity contribution in [2.75, 3.05) is 0 Å². The van der Waals surface area contributed by atoms with Crippen molar-refractivity contribution < 1.29 is 4.79 Å². The molecule has 1 amide bonds. The summed E-state index contributed by atoms with van der Waals surface area (Å²) in [5.74, 6) is 4.41. The standard InChI is InChI=1S/C11H11NO/c1-2-9-3-5-10(6-4-9)7-8-11(12)13/h3,5-6,10H,2H2,1H3,(H2,12,13). The smallest absolute Gasteiger partial charge is 0.293 e. The van der Waals surface area contributed by atoms with Crippen LogP contribution in [0.15, 0.2) is 29.5 Å². The predicted octanol–water partition coefficient (Wildman–Crippen LogP) is 1.15. The first-order valence-electron chi connectivity index (χ1n) is 4.17. The lowest BCUT2D eigenvalue weighted by atomic mass is 10.0. The van der Waals surface area contributed by atoms with Crippen molar-refractivity contribution in [3.8, 4) is 11.8 Å². The molecule has 1 atom stereocenters. The Balaban J connectivity index is 2.72. The molecule has 0 aromatic rings. The third-order valence-electron chi connectivity index (χ3n) is 1.70. The molecule has 0 aromatic carbocycles. The van der Waals surface area contributed by atoms with Crippen LogP contribution in [0.25, 0.3) is 0 Å². The van der Waals surface area contributed by atoms with Gasteiger partial charge in [0.15, 0.2) is 0 Å². The summed E-state index contributed by atoms with van der Waals surface area (Å²) in [6.07, 6.45) is 6.71. The second kappa shape index (κ2) is 4.35. The molecule has 2 nitrogen and oxygen atoms in total. The minimum absolute atomic E-state index is 0.0252. The van der Waals surface area contributed by atoms with E-state index in [9.17, 15) is 4.79 Å². The Morgan fingerprint density at radius 1 is 1.77 bits per heavy atom. The SMILES string of the molecule is CCC1=C=CC(C#CC(N)=O)C=C1. The van der Waals surface area contributed by atoms with Gasteiger partial charge in [-0.2, -0.15) is 0 Å². The molecule has 0 saturated carbocycles. The average molecular weight is 173 g/mol. The van der Waals surface area contributed by atoms with Gasteiger partial charge in [-0.15, -0.1) is 5.73 Å². The zero-order valence-corrected chi connectivity index (χ0v) is 7.50. The normalized spacial score (nSPS) is 18.8. The molecule has 66 valence electrons. The monoisotopic (exact) mass is 173 g/mol. The van der Waals surface area contributed by atoms with Crippen LogP contribution in [0.3, 0.4) is 0 Å². The number of amides is 1. The number of rotatable bonds is 1. The third kappa shape index (κ3) is 3.02. The lowest BCUT2D eigenvalue weighted by Crippen LogP contribution is -2.07. The molecule has 2 N–H and O–H groups in total. The summed E-state index contributed by atoms with van der Waals surface area (Å²) >= 11 is 0. The summed E-state index contributed by atoms with van der Waals surface area (Å²) in [7, 11) is 0. The van der Waals surface area contributed by atoms with E-state index in [0.29, 0.717) is 0 Å². The van der Waals surface area contributed by atoms with Crippen LogP contribution >= 0.6 is 0 Å². The second-order valence-corrected chi connectivity index (χ2v) is 2.71. The summed E-state index contributed by atoms with van der Waals surface area (Å²) in [6, 6.07) is 0. The summed E-state index contributed by atoms with van der Waals surface area (Å²) in [5.41, 5.74) is 9.13. The molecule has 0 bridgehead atoms. The van der Waals surface area contributed by atoms with Crippen molar-refractivity contribution in [3.63, 3.8) is 0 Å². The molecule has 0 aromatic heterocycles. The molecule has 1 aliphatic carbocycles. The highest BCUT2D eigenvalue weighted by molar-refractivity contribution is 5.92.